The fourth-order valence-electron chi connectivity index (χ4n) is 6.66. The second-order valence-corrected chi connectivity index (χ2v) is 14.4. The van der Waals surface area contributed by atoms with Crippen molar-refractivity contribution in [2.75, 3.05) is 0 Å². The molecule has 0 aliphatic heterocycles. The van der Waals surface area contributed by atoms with Crippen LogP contribution in [0.3, 0.4) is 0 Å². The van der Waals surface area contributed by atoms with E-state index in [0.717, 1.165) is 0 Å². The Hall–Kier alpha value is -9.08. The van der Waals surface area contributed by atoms with Crippen LogP contribution in [0.2, 0.25) is 0 Å². The van der Waals surface area contributed by atoms with Crippen molar-refractivity contribution in [1.29, 1.82) is 0 Å². The van der Waals surface area contributed by atoms with E-state index in [0.29, 0.717) is 0 Å². The molecule has 0 spiro atoms. The molecule has 0 aliphatic rings. The number of aromatic hydroxyl groups is 15. The van der Waals surface area contributed by atoms with Crippen LogP contribution in [0.15, 0.2) is 60.7 Å². The molecule has 26 heteroatoms. The summed E-state index contributed by atoms with van der Waals surface area (Å²) in [5.74, 6) is -37.9. The number of hydrogen-bond donors (Lipinski definition) is 20. The molecule has 5 aromatic rings. The predicted octanol–water partition coefficient (Wildman–Crippen LogP) is -1.53. The molecule has 20 N–H and O–H groups in total. The Balaban J connectivity index is 2.00. The van der Waals surface area contributed by atoms with E-state index < -0.39 is 178 Å². The van der Waals surface area contributed by atoms with Crippen LogP contribution in [0.1, 0.15) is 51.8 Å². The number of phenolic OH excluding ortho intramolecular Hbond substituents is 15. The monoisotopic (exact) mass is 940 g/mol. The van der Waals surface area contributed by atoms with Gasteiger partial charge in [0.1, 0.15) is 6.10 Å². The molecule has 5 atom stereocenters. The summed E-state index contributed by atoms with van der Waals surface area (Å²) in [5.41, 5.74) is -23.4. The van der Waals surface area contributed by atoms with Gasteiger partial charge < -0.3 is 102 Å². The molecule has 0 heterocycles. The molecule has 0 amide bonds. The van der Waals surface area contributed by atoms with Crippen molar-refractivity contribution in [3.8, 4) is 86.2 Å². The van der Waals surface area contributed by atoms with Crippen LogP contribution in [-0.2, 0) is 4.79 Å². The number of aliphatic hydroxyl groups is 5. The topological polar surface area (TPSA) is 507 Å². The minimum Gasteiger partial charge on any atom is -0.504 e. The Bertz CT molecular complexity index is 2860. The number of benzene rings is 5. The number of hydrogen-bond acceptors (Lipinski definition) is 26. The van der Waals surface area contributed by atoms with Crippen molar-refractivity contribution in [2.24, 2.45) is 0 Å². The van der Waals surface area contributed by atoms with E-state index in [9.17, 15) is 131 Å². The van der Waals surface area contributed by atoms with Gasteiger partial charge in [0.2, 0.25) is 34.5 Å². The third-order valence-electron chi connectivity index (χ3n) is 10.3. The number of carbonyl (C=O) groups excluding carboxylic acids is 6. The highest BCUT2D eigenvalue weighted by molar-refractivity contribution is 6.51. The van der Waals surface area contributed by atoms with E-state index in [1.165, 1.54) is 0 Å². The van der Waals surface area contributed by atoms with Gasteiger partial charge in [0.05, 0.1) is 0 Å². The summed E-state index contributed by atoms with van der Waals surface area (Å²) >= 11 is 0. The second kappa shape index (κ2) is 16.8. The van der Waals surface area contributed by atoms with Crippen LogP contribution in [0.4, 0.5) is 0 Å². The second-order valence-electron chi connectivity index (χ2n) is 14.4. The summed E-state index contributed by atoms with van der Waals surface area (Å²) in [7, 11) is 0. The first-order valence-electron chi connectivity index (χ1n) is 17.9. The van der Waals surface area contributed by atoms with Crippen molar-refractivity contribution in [1.82, 2.24) is 0 Å². The number of ketones is 6. The van der Waals surface area contributed by atoms with Crippen molar-refractivity contribution >= 4 is 34.7 Å². The minimum absolute atomic E-state index is 0.00826. The van der Waals surface area contributed by atoms with Gasteiger partial charge in [-0.2, -0.15) is 0 Å². The predicted molar refractivity (Wildman–Crippen MR) is 211 cm³/mol. The lowest BCUT2D eigenvalue weighted by atomic mass is 9.61. The standard InChI is InChI=1S/C41H32O26/c42-16-1-11(2-17(43)28(16)54)26(52)36(62)39(65,33(59)13-5-20(46)30(56)21(47)6-13)38(64)41(67,35(61)15-9-24(50)32(58)25(51)10-15)40(66,34(60)14-7-22(48)31(57)23(49)8-14)37(63)27(53)12-3-18(44)29(55)19(45)4-12/h1-10,37-38,42-51,54-58,63-67H/t37?,38-,39+,40-,41+/m1/s1. The average molecular weight is 941 g/mol. The molecule has 0 radical (unpaired) electrons. The first-order chi connectivity index (χ1) is 30.9. The van der Waals surface area contributed by atoms with E-state index in [1.54, 1.807) is 0 Å². The summed E-state index contributed by atoms with van der Waals surface area (Å²) < 4.78 is 0. The van der Waals surface area contributed by atoms with Crippen molar-refractivity contribution < 1.29 is 131 Å². The summed E-state index contributed by atoms with van der Waals surface area (Å²) in [6.45, 7) is 0. The number of phenols is 15. The van der Waals surface area contributed by atoms with Gasteiger partial charge in [0, 0.05) is 27.8 Å². The van der Waals surface area contributed by atoms with Gasteiger partial charge in [-0.25, -0.2) is 0 Å². The molecule has 0 fully saturated rings. The molecule has 0 aliphatic carbocycles. The summed E-state index contributed by atoms with van der Waals surface area (Å²) in [6.07, 6.45) is -8.70. The van der Waals surface area contributed by atoms with E-state index in [2.05, 4.69) is 0 Å². The smallest absolute Gasteiger partial charge is 0.245 e. The van der Waals surface area contributed by atoms with Crippen LogP contribution in [0, 0.1) is 0 Å². The van der Waals surface area contributed by atoms with Gasteiger partial charge in [-0.3, -0.25) is 28.8 Å². The number of carbonyl (C=O) groups is 6. The van der Waals surface area contributed by atoms with Crippen molar-refractivity contribution in [3.63, 3.8) is 0 Å². The fourth-order valence-corrected chi connectivity index (χ4v) is 6.66. The Morgan fingerprint density at radius 3 is 0.881 bits per heavy atom. The Kier molecular flexibility index (Phi) is 12.3. The maximum Gasteiger partial charge on any atom is 0.245 e. The van der Waals surface area contributed by atoms with Crippen LogP contribution in [0.25, 0.3) is 0 Å². The molecule has 0 saturated carbocycles. The van der Waals surface area contributed by atoms with Gasteiger partial charge in [-0.1, -0.05) is 0 Å². The van der Waals surface area contributed by atoms with Gasteiger partial charge in [-0.15, -0.1) is 0 Å². The molecule has 26 nitrogen and oxygen atoms in total. The third kappa shape index (κ3) is 7.64. The van der Waals surface area contributed by atoms with Gasteiger partial charge in [0.15, 0.2) is 109 Å². The van der Waals surface area contributed by atoms with Crippen molar-refractivity contribution in [2.45, 2.75) is 29.0 Å². The SMILES string of the molecule is O=C(C(=O)[C@@](O)(C(=O)c1cc(O)c(O)c(O)c1)[C@@H](O)[C@@](O)(C(=O)c1cc(O)c(O)c(O)c1)[C@@](O)(C(=O)c1cc(O)c(O)c(O)c1)C(O)C(=O)c1cc(O)c(O)c(O)c1)c1cc(O)c(O)c(O)c1. The summed E-state index contributed by atoms with van der Waals surface area (Å²) in [4.78, 5) is 86.8. The van der Waals surface area contributed by atoms with E-state index in [4.69, 9.17) is 0 Å². The molecule has 67 heavy (non-hydrogen) atoms. The lowest BCUT2D eigenvalue weighted by molar-refractivity contribution is -0.210. The maximum atomic E-state index is 14.9. The fraction of sp³-hybridized carbons (Fsp3) is 0.122. The molecule has 5 rings (SSSR count). The van der Waals surface area contributed by atoms with E-state index in [-0.39, 0.29) is 60.7 Å². The molecule has 0 bridgehead atoms. The molecule has 352 valence electrons. The van der Waals surface area contributed by atoms with Gasteiger partial charge in [-0.05, 0) is 60.7 Å². The quantitative estimate of drug-likeness (QED) is 0.0245. The number of rotatable bonds is 15. The zero-order valence-electron chi connectivity index (χ0n) is 32.8. The minimum atomic E-state index is -5.44. The molecular formula is C41H32O26. The Morgan fingerprint density at radius 1 is 0.343 bits per heavy atom. The highest BCUT2D eigenvalue weighted by Gasteiger charge is 2.74. The molecular weight excluding hydrogens is 908 g/mol. The highest BCUT2D eigenvalue weighted by Crippen LogP contribution is 2.47. The highest BCUT2D eigenvalue weighted by atomic mass is 16.4. The molecule has 1 unspecified atom stereocenters. The largest absolute Gasteiger partial charge is 0.504 e. The average Bonchev–Trinajstić information content (AvgIpc) is 3.28. The number of aliphatic hydroxyl groups excluding tert-OH is 2. The van der Waals surface area contributed by atoms with Gasteiger partial charge in [0.25, 0.3) is 0 Å². The first kappa shape index (κ1) is 48.9. The third-order valence-corrected chi connectivity index (χ3v) is 10.3. The van der Waals surface area contributed by atoms with Crippen LogP contribution < -0.4 is 0 Å². The zero-order valence-corrected chi connectivity index (χ0v) is 32.8. The molecule has 0 aromatic heterocycles. The molecule has 0 saturated heterocycles. The normalized spacial score (nSPS) is 14.9. The number of Topliss-reactive ketones (excluding diaryl/α,β-unsaturated/α-hetero) is 6. The van der Waals surface area contributed by atoms with E-state index >= 15 is 0 Å². The lowest BCUT2D eigenvalue weighted by Crippen LogP contribution is -2.80. The van der Waals surface area contributed by atoms with Crippen LogP contribution >= 0.6 is 0 Å². The Morgan fingerprint density at radius 2 is 0.582 bits per heavy atom. The molecule has 5 aromatic carbocycles. The zero-order chi connectivity index (χ0) is 50.7. The first-order valence-corrected chi connectivity index (χ1v) is 17.9. The van der Waals surface area contributed by atoms with Crippen LogP contribution in [-0.4, -0.2) is 166 Å². The summed E-state index contributed by atoms with van der Waals surface area (Å²) in [5, 5.41) is 214. The van der Waals surface area contributed by atoms with E-state index in [1.807, 2.05) is 0 Å². The van der Waals surface area contributed by atoms with Crippen LogP contribution in [0.5, 0.6) is 86.2 Å². The Labute approximate surface area is 369 Å². The summed E-state index contributed by atoms with van der Waals surface area (Å²) in [6, 6.07) is 0.875. The van der Waals surface area contributed by atoms with Gasteiger partial charge >= 0.3 is 0 Å². The lowest BCUT2D eigenvalue weighted by Gasteiger charge is -2.48. The maximum absolute atomic E-state index is 14.9. The van der Waals surface area contributed by atoms with Crippen molar-refractivity contribution in [3.05, 3.63) is 88.5 Å².